The summed E-state index contributed by atoms with van der Waals surface area (Å²) in [7, 11) is 2.59. The molecule has 1 unspecified atom stereocenters. The topological polar surface area (TPSA) is 54.5 Å². The van der Waals surface area contributed by atoms with E-state index < -0.39 is 0 Å². The van der Waals surface area contributed by atoms with Gasteiger partial charge in [-0.3, -0.25) is 0 Å². The first kappa shape index (κ1) is 11.4. The van der Waals surface area contributed by atoms with Crippen LogP contribution >= 0.6 is 21.0 Å². The van der Waals surface area contributed by atoms with E-state index in [1.807, 2.05) is 23.4 Å². The van der Waals surface area contributed by atoms with Gasteiger partial charge in [0.1, 0.15) is 11.7 Å². The molecule has 18 heavy (non-hydrogen) atoms. The van der Waals surface area contributed by atoms with Crippen LogP contribution in [-0.4, -0.2) is 14.3 Å². The van der Waals surface area contributed by atoms with Gasteiger partial charge in [-0.05, 0) is 27.9 Å². The Morgan fingerprint density at radius 3 is 2.89 bits per heavy atom. The Morgan fingerprint density at radius 2 is 2.17 bits per heavy atom. The summed E-state index contributed by atoms with van der Waals surface area (Å²) in [5, 5.41) is 11.1. The number of aryl methyl sites for hydroxylation is 1. The molecule has 0 aliphatic rings. The molecule has 0 bridgehead atoms. The molecule has 3 aromatic rings. The van der Waals surface area contributed by atoms with E-state index in [4.69, 9.17) is 16.9 Å². The van der Waals surface area contributed by atoms with Gasteiger partial charge in [-0.15, -0.1) is 0 Å². The van der Waals surface area contributed by atoms with Crippen LogP contribution in [0.3, 0.4) is 0 Å². The molecule has 6 heteroatoms. The van der Waals surface area contributed by atoms with Gasteiger partial charge in [0.15, 0.2) is 5.69 Å². The Hall–Kier alpha value is -1.69. The van der Waals surface area contributed by atoms with E-state index in [2.05, 4.69) is 19.4 Å². The van der Waals surface area contributed by atoms with Crippen LogP contribution in [0.4, 0.5) is 0 Å². The van der Waals surface area contributed by atoms with E-state index in [-0.39, 0.29) is 5.69 Å². The lowest BCUT2D eigenvalue weighted by Crippen LogP contribution is -1.86. The SMILES string of the molecule is Cc1cnc2c(c1)c1c(Cl)c(C#N)ncc1n2P. The van der Waals surface area contributed by atoms with Gasteiger partial charge in [0, 0.05) is 17.0 Å². The van der Waals surface area contributed by atoms with Gasteiger partial charge in [-0.1, -0.05) is 11.6 Å². The third kappa shape index (κ3) is 1.42. The summed E-state index contributed by atoms with van der Waals surface area (Å²) in [5.41, 5.74) is 2.94. The Labute approximate surface area is 110 Å². The second-order valence-corrected chi connectivity index (χ2v) is 4.94. The minimum absolute atomic E-state index is 0.239. The Morgan fingerprint density at radius 1 is 1.39 bits per heavy atom. The summed E-state index contributed by atoms with van der Waals surface area (Å²) in [6.07, 6.45) is 3.44. The predicted molar refractivity (Wildman–Crippen MR) is 74.6 cm³/mol. The standard InChI is InChI=1S/C12H8ClN4P/c1-6-2-7-10-9(17(18)12(7)16-4-6)5-15-8(3-14)11(10)13/h2,4-5H,18H2,1H3. The van der Waals surface area contributed by atoms with E-state index in [1.54, 1.807) is 12.4 Å². The quantitative estimate of drug-likeness (QED) is 0.592. The second kappa shape index (κ2) is 3.91. The molecule has 0 radical (unpaired) electrons. The normalized spacial score (nSPS) is 11.0. The number of hydrogen-bond acceptors (Lipinski definition) is 3. The summed E-state index contributed by atoms with van der Waals surface area (Å²) in [5.74, 6) is 0. The fourth-order valence-electron chi connectivity index (χ4n) is 2.05. The highest BCUT2D eigenvalue weighted by Gasteiger charge is 2.15. The highest BCUT2D eigenvalue weighted by atomic mass is 35.5. The number of halogens is 1. The van der Waals surface area contributed by atoms with Crippen molar-refractivity contribution >= 4 is 42.9 Å². The van der Waals surface area contributed by atoms with Crippen molar-refractivity contribution in [2.75, 3.05) is 0 Å². The molecule has 0 saturated heterocycles. The summed E-state index contributed by atoms with van der Waals surface area (Å²) < 4.78 is 1.85. The van der Waals surface area contributed by atoms with Crippen LogP contribution in [0.2, 0.25) is 5.02 Å². The fourth-order valence-corrected chi connectivity index (χ4v) is 2.74. The van der Waals surface area contributed by atoms with Gasteiger partial charge in [-0.2, -0.15) is 5.26 Å². The smallest absolute Gasteiger partial charge is 0.159 e. The van der Waals surface area contributed by atoms with Crippen molar-refractivity contribution < 1.29 is 0 Å². The van der Waals surface area contributed by atoms with E-state index in [0.29, 0.717) is 5.02 Å². The molecular formula is C12H8ClN4P. The van der Waals surface area contributed by atoms with Crippen LogP contribution < -0.4 is 0 Å². The van der Waals surface area contributed by atoms with Gasteiger partial charge >= 0.3 is 0 Å². The average molecular weight is 275 g/mol. The molecule has 4 nitrogen and oxygen atoms in total. The van der Waals surface area contributed by atoms with Crippen LogP contribution in [0.25, 0.3) is 21.9 Å². The zero-order valence-corrected chi connectivity index (χ0v) is 11.4. The average Bonchev–Trinajstić information content (AvgIpc) is 2.64. The summed E-state index contributed by atoms with van der Waals surface area (Å²) in [6, 6.07) is 4.01. The number of pyridine rings is 2. The molecule has 0 aliphatic carbocycles. The lowest BCUT2D eigenvalue weighted by Gasteiger charge is -1.98. The number of nitriles is 1. The van der Waals surface area contributed by atoms with Gasteiger partial charge in [0.2, 0.25) is 0 Å². The molecule has 0 aromatic carbocycles. The third-order valence-electron chi connectivity index (χ3n) is 2.87. The van der Waals surface area contributed by atoms with Crippen molar-refractivity contribution in [3.8, 4) is 6.07 Å². The third-order valence-corrected chi connectivity index (χ3v) is 3.76. The molecule has 0 aliphatic heterocycles. The monoisotopic (exact) mass is 274 g/mol. The largest absolute Gasteiger partial charge is 0.308 e. The van der Waals surface area contributed by atoms with Crippen LogP contribution in [0, 0.1) is 18.3 Å². The van der Waals surface area contributed by atoms with Crippen LogP contribution in [0.5, 0.6) is 0 Å². The van der Waals surface area contributed by atoms with Crippen molar-refractivity contribution in [2.24, 2.45) is 0 Å². The molecule has 0 spiro atoms. The van der Waals surface area contributed by atoms with Crippen molar-refractivity contribution in [1.82, 2.24) is 14.3 Å². The first-order valence-electron chi connectivity index (χ1n) is 5.24. The van der Waals surface area contributed by atoms with Crippen LogP contribution in [0.15, 0.2) is 18.5 Å². The molecule has 88 valence electrons. The van der Waals surface area contributed by atoms with E-state index in [9.17, 15) is 0 Å². The van der Waals surface area contributed by atoms with Crippen LogP contribution in [0.1, 0.15) is 11.3 Å². The molecule has 0 fully saturated rings. The molecule has 0 saturated carbocycles. The number of aromatic nitrogens is 3. The van der Waals surface area contributed by atoms with Crippen molar-refractivity contribution in [3.05, 3.63) is 34.7 Å². The number of fused-ring (bicyclic) bond motifs is 3. The number of hydrogen-bond donors (Lipinski definition) is 0. The zero-order chi connectivity index (χ0) is 12.9. The zero-order valence-electron chi connectivity index (χ0n) is 9.48. The molecule has 3 heterocycles. The summed E-state index contributed by atoms with van der Waals surface area (Å²) >= 11 is 6.25. The van der Waals surface area contributed by atoms with Gasteiger partial charge in [-0.25, -0.2) is 9.97 Å². The summed E-state index contributed by atoms with van der Waals surface area (Å²) in [4.78, 5) is 8.44. The first-order valence-corrected chi connectivity index (χ1v) is 6.13. The number of rotatable bonds is 0. The fraction of sp³-hybridized carbons (Fsp3) is 0.0833. The van der Waals surface area contributed by atoms with Crippen molar-refractivity contribution in [1.29, 1.82) is 5.26 Å². The highest BCUT2D eigenvalue weighted by Crippen LogP contribution is 2.35. The molecule has 3 rings (SSSR count). The minimum atomic E-state index is 0.239. The first-order chi connectivity index (χ1) is 8.63. The Bertz CT molecular complexity index is 832. The minimum Gasteiger partial charge on any atom is -0.308 e. The maximum absolute atomic E-state index is 8.99. The highest BCUT2D eigenvalue weighted by molar-refractivity contribution is 7.15. The lowest BCUT2D eigenvalue weighted by molar-refractivity contribution is 1.24. The lowest BCUT2D eigenvalue weighted by atomic mass is 10.2. The Balaban J connectivity index is 2.63. The number of nitrogens with zero attached hydrogens (tertiary/aromatic N) is 4. The maximum atomic E-state index is 8.99. The summed E-state index contributed by atoms with van der Waals surface area (Å²) in [6.45, 7) is 1.97. The van der Waals surface area contributed by atoms with Crippen LogP contribution in [-0.2, 0) is 0 Å². The molecule has 0 N–H and O–H groups in total. The Kier molecular flexibility index (Phi) is 2.48. The molecule has 0 amide bonds. The predicted octanol–water partition coefficient (Wildman–Crippen LogP) is 3.06. The van der Waals surface area contributed by atoms with E-state index >= 15 is 0 Å². The second-order valence-electron chi connectivity index (χ2n) is 4.05. The maximum Gasteiger partial charge on any atom is 0.159 e. The van der Waals surface area contributed by atoms with Crippen molar-refractivity contribution in [3.63, 3.8) is 0 Å². The molecular weight excluding hydrogens is 267 g/mol. The van der Waals surface area contributed by atoms with Gasteiger partial charge in [0.05, 0.1) is 16.7 Å². The molecule has 1 atom stereocenters. The van der Waals surface area contributed by atoms with Gasteiger partial charge in [0.25, 0.3) is 0 Å². The molecule has 3 aromatic heterocycles. The van der Waals surface area contributed by atoms with Crippen molar-refractivity contribution in [2.45, 2.75) is 6.92 Å². The van der Waals surface area contributed by atoms with E-state index in [0.717, 1.165) is 27.5 Å². The van der Waals surface area contributed by atoms with Gasteiger partial charge < -0.3 is 4.34 Å². The van der Waals surface area contributed by atoms with E-state index in [1.165, 1.54) is 0 Å².